The summed E-state index contributed by atoms with van der Waals surface area (Å²) in [4.78, 5) is 46.0. The number of hydrogen-bond acceptors (Lipinski definition) is 5. The highest BCUT2D eigenvalue weighted by atomic mass is 19.1. The lowest BCUT2D eigenvalue weighted by atomic mass is 9.83. The number of amides is 2. The van der Waals surface area contributed by atoms with Gasteiger partial charge >= 0.3 is 0 Å². The van der Waals surface area contributed by atoms with E-state index in [0.717, 1.165) is 44.9 Å². The van der Waals surface area contributed by atoms with Crippen molar-refractivity contribution in [2.45, 2.75) is 70.0 Å². The number of ketones is 1. The number of nitrogens with one attached hydrogen (secondary N) is 2. The third-order valence-corrected chi connectivity index (χ3v) is 7.54. The molecule has 1 aromatic heterocycles. The summed E-state index contributed by atoms with van der Waals surface area (Å²) in [6, 6.07) is 7.61. The molecule has 2 fully saturated rings. The summed E-state index contributed by atoms with van der Waals surface area (Å²) in [6.07, 6.45) is 8.27. The zero-order valence-corrected chi connectivity index (χ0v) is 21.0. The van der Waals surface area contributed by atoms with Crippen LogP contribution in [0.2, 0.25) is 0 Å². The molecule has 1 aliphatic heterocycles. The van der Waals surface area contributed by atoms with Gasteiger partial charge in [0.15, 0.2) is 5.78 Å². The van der Waals surface area contributed by atoms with Crippen molar-refractivity contribution in [1.82, 2.24) is 20.5 Å². The summed E-state index contributed by atoms with van der Waals surface area (Å²) >= 11 is 0. The molecule has 2 amide bonds. The first kappa shape index (κ1) is 25.9. The van der Waals surface area contributed by atoms with E-state index >= 15 is 0 Å². The van der Waals surface area contributed by atoms with Gasteiger partial charge in [-0.1, -0.05) is 19.3 Å². The van der Waals surface area contributed by atoms with E-state index < -0.39 is 17.9 Å². The average Bonchev–Trinajstić information content (AvgIpc) is 3.41. The van der Waals surface area contributed by atoms with Crippen LogP contribution in [0.15, 0.2) is 42.6 Å². The molecular formula is C28H35FN4O3. The van der Waals surface area contributed by atoms with Crippen molar-refractivity contribution in [2.24, 2.45) is 5.92 Å². The minimum absolute atomic E-state index is 0.0712. The molecule has 3 atom stereocenters. The van der Waals surface area contributed by atoms with Crippen molar-refractivity contribution in [2.75, 3.05) is 13.6 Å². The molecule has 0 radical (unpaired) electrons. The fourth-order valence-electron chi connectivity index (χ4n) is 5.31. The van der Waals surface area contributed by atoms with Crippen LogP contribution in [0.5, 0.6) is 0 Å². The van der Waals surface area contributed by atoms with Crippen LogP contribution in [0.4, 0.5) is 4.39 Å². The van der Waals surface area contributed by atoms with Crippen LogP contribution < -0.4 is 10.6 Å². The number of pyridine rings is 1. The van der Waals surface area contributed by atoms with Gasteiger partial charge in [-0.2, -0.15) is 0 Å². The quantitative estimate of drug-likeness (QED) is 0.545. The van der Waals surface area contributed by atoms with E-state index in [-0.39, 0.29) is 29.6 Å². The zero-order valence-electron chi connectivity index (χ0n) is 21.0. The molecule has 2 aliphatic rings. The fraction of sp³-hybridized carbons (Fsp3) is 0.500. The van der Waals surface area contributed by atoms with Crippen LogP contribution in [0.1, 0.15) is 79.5 Å². The van der Waals surface area contributed by atoms with Gasteiger partial charge in [0.2, 0.25) is 11.8 Å². The van der Waals surface area contributed by atoms with Crippen molar-refractivity contribution in [3.05, 3.63) is 65.2 Å². The molecule has 1 aliphatic carbocycles. The number of hydrogen-bond donors (Lipinski definition) is 2. The number of halogens is 1. The maximum absolute atomic E-state index is 13.9. The molecular weight excluding hydrogens is 459 g/mol. The minimum atomic E-state index is -0.571. The lowest BCUT2D eigenvalue weighted by Crippen LogP contribution is -2.55. The van der Waals surface area contributed by atoms with Crippen LogP contribution in [0.25, 0.3) is 0 Å². The van der Waals surface area contributed by atoms with Gasteiger partial charge in [0.25, 0.3) is 0 Å². The number of carbonyl (C=O) groups is 3. The Hall–Kier alpha value is -3.13. The number of rotatable bonds is 8. The number of likely N-dealkylation sites (N-methyl/N-ethyl adjacent to an activating group) is 1. The predicted octanol–water partition coefficient (Wildman–Crippen LogP) is 3.79. The van der Waals surface area contributed by atoms with Crippen molar-refractivity contribution in [1.29, 1.82) is 0 Å². The maximum Gasteiger partial charge on any atom is 0.246 e. The molecule has 192 valence electrons. The van der Waals surface area contributed by atoms with Crippen LogP contribution in [0.3, 0.4) is 0 Å². The number of benzene rings is 1. The summed E-state index contributed by atoms with van der Waals surface area (Å²) in [6.45, 7) is 2.37. The maximum atomic E-state index is 13.9. The van der Waals surface area contributed by atoms with E-state index in [9.17, 15) is 18.8 Å². The van der Waals surface area contributed by atoms with E-state index in [1.54, 1.807) is 32.3 Å². The topological polar surface area (TPSA) is 91.4 Å². The summed E-state index contributed by atoms with van der Waals surface area (Å²) in [5.74, 6) is -0.756. The predicted molar refractivity (Wildman–Crippen MR) is 135 cm³/mol. The van der Waals surface area contributed by atoms with Crippen LogP contribution in [-0.2, 0) is 9.59 Å². The van der Waals surface area contributed by atoms with Gasteiger partial charge in [-0.15, -0.1) is 0 Å². The molecule has 2 aromatic rings. The lowest BCUT2D eigenvalue weighted by molar-refractivity contribution is -0.139. The Balaban J connectivity index is 1.56. The van der Waals surface area contributed by atoms with Crippen LogP contribution in [-0.4, -0.2) is 53.2 Å². The van der Waals surface area contributed by atoms with E-state index in [1.165, 1.54) is 24.3 Å². The van der Waals surface area contributed by atoms with Gasteiger partial charge in [0.1, 0.15) is 11.9 Å². The first-order valence-corrected chi connectivity index (χ1v) is 12.9. The molecule has 1 saturated heterocycles. The summed E-state index contributed by atoms with van der Waals surface area (Å²) in [7, 11) is 1.73. The number of aromatic nitrogens is 1. The van der Waals surface area contributed by atoms with Gasteiger partial charge in [-0.3, -0.25) is 19.4 Å². The van der Waals surface area contributed by atoms with Crippen molar-refractivity contribution in [3.8, 4) is 0 Å². The monoisotopic (exact) mass is 494 g/mol. The standard InChI is InChI=1S/C28H35FN4O3/c1-18(30-2)27(35)32-25(19-7-4-3-5-8-19)28(36)33-16-6-9-24(33)23-17-21(14-15-31-23)26(34)20-10-12-22(29)13-11-20/h10-15,17-19,24-25,30H,3-9,16H2,1-2H3,(H,32,35)/t18-,24-,25-/m0/s1. The highest BCUT2D eigenvalue weighted by Gasteiger charge is 2.39. The minimum Gasteiger partial charge on any atom is -0.343 e. The smallest absolute Gasteiger partial charge is 0.246 e. The number of nitrogens with zero attached hydrogens (tertiary/aromatic N) is 2. The molecule has 0 bridgehead atoms. The van der Waals surface area contributed by atoms with Gasteiger partial charge in [0, 0.05) is 23.9 Å². The van der Waals surface area contributed by atoms with E-state index in [0.29, 0.717) is 23.4 Å². The van der Waals surface area contributed by atoms with E-state index in [2.05, 4.69) is 15.6 Å². The highest BCUT2D eigenvalue weighted by Crippen LogP contribution is 2.34. The van der Waals surface area contributed by atoms with Gasteiger partial charge < -0.3 is 15.5 Å². The second kappa shape index (κ2) is 11.7. The Morgan fingerprint density at radius 3 is 2.42 bits per heavy atom. The Morgan fingerprint density at radius 1 is 1.00 bits per heavy atom. The van der Waals surface area contributed by atoms with E-state index in [1.807, 2.05) is 4.90 Å². The fourth-order valence-corrected chi connectivity index (χ4v) is 5.31. The van der Waals surface area contributed by atoms with Crippen LogP contribution in [0, 0.1) is 11.7 Å². The third-order valence-electron chi connectivity index (χ3n) is 7.54. The Morgan fingerprint density at radius 2 is 1.72 bits per heavy atom. The Labute approximate surface area is 211 Å². The largest absolute Gasteiger partial charge is 0.343 e. The summed E-state index contributed by atoms with van der Waals surface area (Å²) in [5, 5.41) is 5.99. The molecule has 1 aromatic carbocycles. The lowest BCUT2D eigenvalue weighted by Gasteiger charge is -2.35. The number of likely N-dealkylation sites (tertiary alicyclic amines) is 1. The zero-order chi connectivity index (χ0) is 25.7. The summed E-state index contributed by atoms with van der Waals surface area (Å²) in [5.41, 5.74) is 1.50. The molecule has 0 spiro atoms. The molecule has 7 nitrogen and oxygen atoms in total. The van der Waals surface area contributed by atoms with Crippen molar-refractivity contribution >= 4 is 17.6 Å². The average molecular weight is 495 g/mol. The Bertz CT molecular complexity index is 1080. The van der Waals surface area contributed by atoms with Gasteiger partial charge in [-0.25, -0.2) is 4.39 Å². The molecule has 8 heteroatoms. The molecule has 1 saturated carbocycles. The summed E-state index contributed by atoms with van der Waals surface area (Å²) < 4.78 is 13.3. The van der Waals surface area contributed by atoms with Gasteiger partial charge in [0.05, 0.1) is 17.8 Å². The van der Waals surface area contributed by atoms with Gasteiger partial charge in [-0.05, 0) is 82.0 Å². The second-order valence-corrected chi connectivity index (χ2v) is 9.89. The second-order valence-electron chi connectivity index (χ2n) is 9.89. The molecule has 2 N–H and O–H groups in total. The van der Waals surface area contributed by atoms with Crippen LogP contribution >= 0.6 is 0 Å². The normalized spacial score (nSPS) is 20.1. The van der Waals surface area contributed by atoms with Crippen molar-refractivity contribution < 1.29 is 18.8 Å². The molecule has 36 heavy (non-hydrogen) atoms. The Kier molecular flexibility index (Phi) is 8.46. The number of carbonyl (C=O) groups excluding carboxylic acids is 3. The third kappa shape index (κ3) is 5.81. The molecule has 0 unspecified atom stereocenters. The molecule has 4 rings (SSSR count). The first-order valence-electron chi connectivity index (χ1n) is 12.9. The molecule has 2 heterocycles. The van der Waals surface area contributed by atoms with Crippen molar-refractivity contribution in [3.63, 3.8) is 0 Å². The SMILES string of the molecule is CN[C@@H](C)C(=O)N[C@H](C(=O)N1CCC[C@H]1c1cc(C(=O)c2ccc(F)cc2)ccn1)C1CCCCC1. The van der Waals surface area contributed by atoms with E-state index in [4.69, 9.17) is 0 Å². The highest BCUT2D eigenvalue weighted by molar-refractivity contribution is 6.09. The first-order chi connectivity index (χ1) is 17.4.